The summed E-state index contributed by atoms with van der Waals surface area (Å²) >= 11 is 0. The molecule has 0 bridgehead atoms. The van der Waals surface area contributed by atoms with Gasteiger partial charge < -0.3 is 9.05 Å². The van der Waals surface area contributed by atoms with Crippen LogP contribution in [-0.2, 0) is 23.2 Å². The lowest BCUT2D eigenvalue weighted by Crippen LogP contribution is -2.17. The van der Waals surface area contributed by atoms with Gasteiger partial charge in [0, 0.05) is 12.8 Å². The van der Waals surface area contributed by atoms with Gasteiger partial charge in [0.25, 0.3) is 0 Å². The zero-order chi connectivity index (χ0) is 16.0. The first-order valence-corrected chi connectivity index (χ1v) is 7.94. The van der Waals surface area contributed by atoms with Crippen molar-refractivity contribution in [1.82, 2.24) is 0 Å². The van der Waals surface area contributed by atoms with Crippen LogP contribution in [0.5, 0.6) is 0 Å². The van der Waals surface area contributed by atoms with Gasteiger partial charge in [-0.3, -0.25) is 14.2 Å². The van der Waals surface area contributed by atoms with E-state index >= 15 is 0 Å². The van der Waals surface area contributed by atoms with Crippen molar-refractivity contribution < 1.29 is 23.2 Å². The number of hydrogen-bond donors (Lipinski definition) is 0. The molecule has 0 saturated heterocycles. The van der Waals surface area contributed by atoms with Crippen molar-refractivity contribution in [1.29, 1.82) is 0 Å². The molecule has 5 nitrogen and oxygen atoms in total. The van der Waals surface area contributed by atoms with E-state index in [1.165, 1.54) is 0 Å². The maximum absolute atomic E-state index is 11.5. The predicted molar refractivity (Wildman–Crippen MR) is 79.1 cm³/mol. The molecule has 0 aromatic carbocycles. The van der Waals surface area contributed by atoms with Crippen molar-refractivity contribution in [2.75, 3.05) is 13.2 Å². The van der Waals surface area contributed by atoms with Gasteiger partial charge in [-0.25, -0.2) is 0 Å². The van der Waals surface area contributed by atoms with Crippen LogP contribution in [0, 0.1) is 10.8 Å². The summed E-state index contributed by atoms with van der Waals surface area (Å²) in [5.41, 5.74) is -0.250. The minimum absolute atomic E-state index is 0.125. The van der Waals surface area contributed by atoms with Crippen molar-refractivity contribution in [3.8, 4) is 0 Å². The molecular weight excluding hydrogens is 279 g/mol. The fourth-order valence-corrected chi connectivity index (χ4v) is 2.25. The second kappa shape index (κ2) is 8.06. The molecule has 0 radical (unpaired) electrons. The van der Waals surface area contributed by atoms with Gasteiger partial charge in [0.15, 0.2) is 11.6 Å². The molecule has 118 valence electrons. The lowest BCUT2D eigenvalue weighted by molar-refractivity contribution is -0.123. The Morgan fingerprint density at radius 3 is 1.35 bits per heavy atom. The number of ketones is 2. The minimum Gasteiger partial charge on any atom is -0.303 e. The van der Waals surface area contributed by atoms with Crippen LogP contribution in [0.3, 0.4) is 0 Å². The molecule has 0 spiro atoms. The van der Waals surface area contributed by atoms with Crippen LogP contribution < -0.4 is 0 Å². The van der Waals surface area contributed by atoms with Gasteiger partial charge in [0.1, 0.15) is 13.2 Å². The van der Waals surface area contributed by atoms with E-state index in [-0.39, 0.29) is 35.6 Å². The topological polar surface area (TPSA) is 69.7 Å². The molecule has 0 aromatic heterocycles. The van der Waals surface area contributed by atoms with Crippen molar-refractivity contribution in [3.63, 3.8) is 0 Å². The normalized spacial score (nSPS) is 12.8. The molecule has 0 aromatic rings. The summed E-state index contributed by atoms with van der Waals surface area (Å²) in [6, 6.07) is 0. The number of carbonyl (C=O) groups is 2. The third kappa shape index (κ3) is 12.5. The zero-order valence-corrected chi connectivity index (χ0v) is 14.4. The average Bonchev–Trinajstić information content (AvgIpc) is 2.18. The summed E-state index contributed by atoms with van der Waals surface area (Å²) in [4.78, 5) is 23.0. The van der Waals surface area contributed by atoms with E-state index in [1.54, 1.807) is 0 Å². The highest BCUT2D eigenvalue weighted by Crippen LogP contribution is 2.26. The Bertz CT molecular complexity index is 329. The van der Waals surface area contributed by atoms with E-state index in [1.807, 2.05) is 41.5 Å². The van der Waals surface area contributed by atoms with Crippen molar-refractivity contribution >= 4 is 19.8 Å². The van der Waals surface area contributed by atoms with Gasteiger partial charge in [-0.15, -0.1) is 0 Å². The van der Waals surface area contributed by atoms with Crippen molar-refractivity contribution in [2.24, 2.45) is 10.8 Å². The summed E-state index contributed by atoms with van der Waals surface area (Å²) < 4.78 is 21.1. The van der Waals surface area contributed by atoms with Crippen LogP contribution in [0.2, 0.25) is 0 Å². The Hall–Kier alpha value is -0.510. The molecule has 0 aliphatic carbocycles. The molecule has 0 heterocycles. The molecule has 6 heteroatoms. The number of hydrogen-bond acceptors (Lipinski definition) is 5. The quantitative estimate of drug-likeness (QED) is 0.643. The largest absolute Gasteiger partial charge is 0.319 e. The van der Waals surface area contributed by atoms with Crippen molar-refractivity contribution in [3.05, 3.63) is 0 Å². The fourth-order valence-electron chi connectivity index (χ4n) is 1.61. The van der Waals surface area contributed by atoms with Crippen LogP contribution in [0.15, 0.2) is 0 Å². The standard InChI is InChI=1S/C14H27O5P/c1-13(2,3)7-11(15)9-18-20(17)19-10-12(16)8-14(4,5)6/h20H,7-10H2,1-6H3. The Kier molecular flexibility index (Phi) is 7.85. The second-order valence-electron chi connectivity index (χ2n) is 7.38. The minimum atomic E-state index is -2.78. The van der Waals surface area contributed by atoms with Gasteiger partial charge in [-0.1, -0.05) is 41.5 Å². The highest BCUT2D eigenvalue weighted by atomic mass is 31.1. The van der Waals surface area contributed by atoms with Crippen LogP contribution in [-0.4, -0.2) is 24.8 Å². The molecule has 0 saturated carbocycles. The van der Waals surface area contributed by atoms with Gasteiger partial charge in [0.2, 0.25) is 0 Å². The Morgan fingerprint density at radius 1 is 0.800 bits per heavy atom. The molecule has 0 unspecified atom stereocenters. The first-order chi connectivity index (χ1) is 8.89. The van der Waals surface area contributed by atoms with E-state index in [4.69, 9.17) is 9.05 Å². The summed E-state index contributed by atoms with van der Waals surface area (Å²) in [6.45, 7) is 11.2. The lowest BCUT2D eigenvalue weighted by atomic mass is 9.90. The molecular formula is C14H27O5P. The van der Waals surface area contributed by atoms with Crippen LogP contribution in [0.4, 0.5) is 0 Å². The smallest absolute Gasteiger partial charge is 0.303 e. The lowest BCUT2D eigenvalue weighted by Gasteiger charge is -2.17. The van der Waals surface area contributed by atoms with E-state index in [2.05, 4.69) is 0 Å². The first kappa shape index (κ1) is 19.5. The van der Waals surface area contributed by atoms with E-state index in [9.17, 15) is 14.2 Å². The van der Waals surface area contributed by atoms with Gasteiger partial charge in [-0.2, -0.15) is 0 Å². The molecule has 0 N–H and O–H groups in total. The zero-order valence-electron chi connectivity index (χ0n) is 13.4. The highest BCUT2D eigenvalue weighted by molar-refractivity contribution is 7.33. The summed E-state index contributed by atoms with van der Waals surface area (Å²) in [7, 11) is -2.78. The predicted octanol–water partition coefficient (Wildman–Crippen LogP) is 3.42. The van der Waals surface area contributed by atoms with E-state index in [0.717, 1.165) is 0 Å². The van der Waals surface area contributed by atoms with Gasteiger partial charge in [0.05, 0.1) is 0 Å². The monoisotopic (exact) mass is 306 g/mol. The number of Topliss-reactive ketones (excluding diaryl/α,β-unsaturated/α-hetero) is 2. The highest BCUT2D eigenvalue weighted by Gasteiger charge is 2.18. The van der Waals surface area contributed by atoms with Crippen LogP contribution >= 0.6 is 8.25 Å². The summed E-state index contributed by atoms with van der Waals surface area (Å²) in [5.74, 6) is -0.249. The second-order valence-corrected chi connectivity index (χ2v) is 8.46. The average molecular weight is 306 g/mol. The number of rotatable bonds is 8. The SMILES string of the molecule is CC(C)(C)CC(=O)CO[PH](=O)OCC(=O)CC(C)(C)C. The maximum Gasteiger partial charge on any atom is 0.319 e. The summed E-state index contributed by atoms with van der Waals surface area (Å²) in [5, 5.41) is 0. The molecule has 0 fully saturated rings. The first-order valence-electron chi connectivity index (χ1n) is 6.72. The fraction of sp³-hybridized carbons (Fsp3) is 0.857. The number of carbonyl (C=O) groups excluding carboxylic acids is 2. The van der Waals surface area contributed by atoms with Crippen LogP contribution in [0.25, 0.3) is 0 Å². The molecule has 0 rings (SSSR count). The Labute approximate surface area is 122 Å². The van der Waals surface area contributed by atoms with E-state index < -0.39 is 8.25 Å². The van der Waals surface area contributed by atoms with E-state index in [0.29, 0.717) is 12.8 Å². The summed E-state index contributed by atoms with van der Waals surface area (Å²) in [6.07, 6.45) is 0.705. The van der Waals surface area contributed by atoms with Crippen molar-refractivity contribution in [2.45, 2.75) is 54.4 Å². The third-order valence-corrected chi connectivity index (χ3v) is 2.92. The molecule has 20 heavy (non-hydrogen) atoms. The van der Waals surface area contributed by atoms with Gasteiger partial charge >= 0.3 is 8.25 Å². The maximum atomic E-state index is 11.5. The molecule has 0 atom stereocenters. The Balaban J connectivity index is 3.91. The van der Waals surface area contributed by atoms with Crippen LogP contribution in [0.1, 0.15) is 54.4 Å². The molecule has 0 amide bonds. The van der Waals surface area contributed by atoms with Gasteiger partial charge in [-0.05, 0) is 10.8 Å². The molecule has 0 aliphatic heterocycles. The molecule has 0 aliphatic rings. The third-order valence-electron chi connectivity index (χ3n) is 2.16. The Morgan fingerprint density at radius 2 is 1.10 bits per heavy atom.